The SMILES string of the molecule is COCCN1C(=O)C(=O)C(=C(O)c2ccc(OCC(C)C)c(C)c2)C1c1ccc(C)cc1. The molecule has 32 heavy (non-hydrogen) atoms. The first kappa shape index (κ1) is 23.5. The number of benzene rings is 2. The van der Waals surface area contributed by atoms with Crippen LogP contribution in [0.2, 0.25) is 0 Å². The average Bonchev–Trinajstić information content (AvgIpc) is 3.01. The summed E-state index contributed by atoms with van der Waals surface area (Å²) in [5, 5.41) is 11.2. The Morgan fingerprint density at radius 1 is 1.09 bits per heavy atom. The number of ketones is 1. The van der Waals surface area contributed by atoms with Gasteiger partial charge in [0.25, 0.3) is 11.7 Å². The van der Waals surface area contributed by atoms with Gasteiger partial charge in [-0.05, 0) is 49.1 Å². The summed E-state index contributed by atoms with van der Waals surface area (Å²) < 4.78 is 11.0. The Hall–Kier alpha value is -3.12. The van der Waals surface area contributed by atoms with Gasteiger partial charge in [0, 0.05) is 19.2 Å². The van der Waals surface area contributed by atoms with Gasteiger partial charge in [-0.2, -0.15) is 0 Å². The summed E-state index contributed by atoms with van der Waals surface area (Å²) >= 11 is 0. The Balaban J connectivity index is 2.06. The first-order valence-electron chi connectivity index (χ1n) is 10.8. The van der Waals surface area contributed by atoms with Gasteiger partial charge >= 0.3 is 0 Å². The van der Waals surface area contributed by atoms with Gasteiger partial charge in [-0.15, -0.1) is 0 Å². The zero-order valence-corrected chi connectivity index (χ0v) is 19.3. The van der Waals surface area contributed by atoms with Gasteiger partial charge < -0.3 is 19.5 Å². The quantitative estimate of drug-likeness (QED) is 0.376. The number of amides is 1. The smallest absolute Gasteiger partial charge is 0.295 e. The number of aliphatic hydroxyl groups is 1. The molecule has 3 rings (SSSR count). The molecule has 2 aromatic carbocycles. The molecular formula is C26H31NO5. The molecule has 2 aromatic rings. The standard InChI is InChI=1S/C26H31NO5/c1-16(2)15-32-21-11-10-20(14-18(21)4)24(28)22-23(19-8-6-17(3)7-9-19)27(12-13-31-5)26(30)25(22)29/h6-11,14,16,23,28H,12-13,15H2,1-5H3. The summed E-state index contributed by atoms with van der Waals surface area (Å²) in [7, 11) is 1.54. The van der Waals surface area contributed by atoms with Crippen LogP contribution in [-0.2, 0) is 14.3 Å². The van der Waals surface area contributed by atoms with Crippen molar-refractivity contribution in [3.8, 4) is 5.75 Å². The van der Waals surface area contributed by atoms with E-state index in [-0.39, 0.29) is 24.5 Å². The Morgan fingerprint density at radius 3 is 2.38 bits per heavy atom. The Labute approximate surface area is 189 Å². The predicted octanol–water partition coefficient (Wildman–Crippen LogP) is 4.41. The number of nitrogens with zero attached hydrogens (tertiary/aromatic N) is 1. The molecule has 0 saturated carbocycles. The van der Waals surface area contributed by atoms with Crippen molar-refractivity contribution < 1.29 is 24.2 Å². The number of Topliss-reactive ketones (excluding diaryl/α,β-unsaturated/α-hetero) is 1. The maximum Gasteiger partial charge on any atom is 0.295 e. The number of aryl methyl sites for hydroxylation is 2. The molecule has 6 nitrogen and oxygen atoms in total. The molecule has 1 heterocycles. The lowest BCUT2D eigenvalue weighted by molar-refractivity contribution is -0.140. The van der Waals surface area contributed by atoms with E-state index in [0.717, 1.165) is 22.4 Å². The van der Waals surface area contributed by atoms with Crippen molar-refractivity contribution in [1.29, 1.82) is 0 Å². The molecule has 1 N–H and O–H groups in total. The van der Waals surface area contributed by atoms with E-state index in [1.807, 2.05) is 38.1 Å². The predicted molar refractivity (Wildman–Crippen MR) is 124 cm³/mol. The molecule has 1 saturated heterocycles. The summed E-state index contributed by atoms with van der Waals surface area (Å²) in [5.74, 6) is -0.400. The molecule has 1 atom stereocenters. The van der Waals surface area contributed by atoms with Gasteiger partial charge in [0.05, 0.1) is 24.8 Å². The summed E-state index contributed by atoms with van der Waals surface area (Å²) in [6.07, 6.45) is 0. The molecule has 1 unspecified atom stereocenters. The van der Waals surface area contributed by atoms with Crippen molar-refractivity contribution in [2.75, 3.05) is 26.9 Å². The van der Waals surface area contributed by atoms with E-state index in [2.05, 4.69) is 13.8 Å². The third kappa shape index (κ3) is 4.86. The molecule has 0 spiro atoms. The van der Waals surface area contributed by atoms with Crippen LogP contribution in [0.15, 0.2) is 48.0 Å². The molecule has 170 valence electrons. The monoisotopic (exact) mass is 437 g/mol. The third-order valence-corrected chi connectivity index (χ3v) is 5.49. The minimum absolute atomic E-state index is 0.0882. The maximum atomic E-state index is 13.0. The van der Waals surface area contributed by atoms with E-state index < -0.39 is 17.7 Å². The summed E-state index contributed by atoms with van der Waals surface area (Å²) in [4.78, 5) is 27.3. The average molecular weight is 438 g/mol. The number of hydrogen-bond acceptors (Lipinski definition) is 5. The highest BCUT2D eigenvalue weighted by atomic mass is 16.5. The fourth-order valence-corrected chi connectivity index (χ4v) is 3.77. The second-order valence-electron chi connectivity index (χ2n) is 8.58. The number of carbonyl (C=O) groups excluding carboxylic acids is 2. The summed E-state index contributed by atoms with van der Waals surface area (Å²) in [6, 6.07) is 12.2. The zero-order chi connectivity index (χ0) is 23.4. The number of aliphatic hydroxyl groups excluding tert-OH is 1. The number of rotatable bonds is 8. The van der Waals surface area contributed by atoms with Crippen molar-refractivity contribution in [2.45, 2.75) is 33.7 Å². The van der Waals surface area contributed by atoms with Crippen LogP contribution in [-0.4, -0.2) is 48.6 Å². The third-order valence-electron chi connectivity index (χ3n) is 5.49. The van der Waals surface area contributed by atoms with E-state index in [9.17, 15) is 14.7 Å². The first-order chi connectivity index (χ1) is 15.2. The number of carbonyl (C=O) groups is 2. The summed E-state index contributed by atoms with van der Waals surface area (Å²) in [5.41, 5.74) is 3.23. The second kappa shape index (κ2) is 10.0. The fourth-order valence-electron chi connectivity index (χ4n) is 3.77. The number of likely N-dealkylation sites (tertiary alicyclic amines) is 1. The van der Waals surface area contributed by atoms with Crippen LogP contribution in [0.5, 0.6) is 5.75 Å². The van der Waals surface area contributed by atoms with Gasteiger partial charge in [-0.1, -0.05) is 43.7 Å². The van der Waals surface area contributed by atoms with Crippen LogP contribution < -0.4 is 4.74 Å². The zero-order valence-electron chi connectivity index (χ0n) is 19.3. The Kier molecular flexibility index (Phi) is 7.36. The van der Waals surface area contributed by atoms with Gasteiger partial charge in [-0.25, -0.2) is 0 Å². The molecule has 0 radical (unpaired) electrons. The van der Waals surface area contributed by atoms with Crippen LogP contribution in [0.25, 0.3) is 5.76 Å². The normalized spacial score (nSPS) is 17.9. The maximum absolute atomic E-state index is 13.0. The topological polar surface area (TPSA) is 76.1 Å². The minimum Gasteiger partial charge on any atom is -0.507 e. The lowest BCUT2D eigenvalue weighted by Crippen LogP contribution is -2.32. The van der Waals surface area contributed by atoms with Crippen molar-refractivity contribution in [3.05, 3.63) is 70.3 Å². The minimum atomic E-state index is -0.693. The van der Waals surface area contributed by atoms with Crippen molar-refractivity contribution in [2.24, 2.45) is 5.92 Å². The van der Waals surface area contributed by atoms with E-state index >= 15 is 0 Å². The van der Waals surface area contributed by atoms with Gasteiger partial charge in [0.2, 0.25) is 0 Å². The number of methoxy groups -OCH3 is 1. The highest BCUT2D eigenvalue weighted by molar-refractivity contribution is 6.46. The van der Waals surface area contributed by atoms with Crippen LogP contribution in [0.3, 0.4) is 0 Å². The fraction of sp³-hybridized carbons (Fsp3) is 0.385. The van der Waals surface area contributed by atoms with E-state index in [4.69, 9.17) is 9.47 Å². The second-order valence-corrected chi connectivity index (χ2v) is 8.58. The van der Waals surface area contributed by atoms with E-state index in [0.29, 0.717) is 18.1 Å². The van der Waals surface area contributed by atoms with Crippen LogP contribution in [0.1, 0.15) is 42.1 Å². The number of ether oxygens (including phenoxy) is 2. The van der Waals surface area contributed by atoms with Crippen molar-refractivity contribution in [3.63, 3.8) is 0 Å². The van der Waals surface area contributed by atoms with Crippen molar-refractivity contribution in [1.82, 2.24) is 4.90 Å². The van der Waals surface area contributed by atoms with Crippen molar-refractivity contribution >= 4 is 17.4 Å². The lowest BCUT2D eigenvalue weighted by atomic mass is 9.94. The molecule has 0 aliphatic carbocycles. The van der Waals surface area contributed by atoms with Crippen LogP contribution in [0, 0.1) is 19.8 Å². The van der Waals surface area contributed by atoms with Gasteiger partial charge in [0.1, 0.15) is 11.5 Å². The molecule has 1 aliphatic heterocycles. The summed E-state index contributed by atoms with van der Waals surface area (Å²) in [6.45, 7) is 9.13. The van der Waals surface area contributed by atoms with Gasteiger partial charge in [0.15, 0.2) is 0 Å². The Bertz CT molecular complexity index is 1020. The Morgan fingerprint density at radius 2 is 1.78 bits per heavy atom. The molecule has 0 bridgehead atoms. The highest BCUT2D eigenvalue weighted by Gasteiger charge is 2.45. The highest BCUT2D eigenvalue weighted by Crippen LogP contribution is 2.39. The largest absolute Gasteiger partial charge is 0.507 e. The van der Waals surface area contributed by atoms with E-state index in [1.165, 1.54) is 4.90 Å². The molecule has 1 fully saturated rings. The molecule has 1 amide bonds. The molecule has 0 aromatic heterocycles. The lowest BCUT2D eigenvalue weighted by Gasteiger charge is -2.25. The number of hydrogen-bond donors (Lipinski definition) is 1. The van der Waals surface area contributed by atoms with Gasteiger partial charge in [-0.3, -0.25) is 9.59 Å². The molecule has 1 aliphatic rings. The van der Waals surface area contributed by atoms with E-state index in [1.54, 1.807) is 25.3 Å². The van der Waals surface area contributed by atoms with Crippen LogP contribution >= 0.6 is 0 Å². The molecule has 6 heteroatoms. The first-order valence-corrected chi connectivity index (χ1v) is 10.8. The molecular weight excluding hydrogens is 406 g/mol. The van der Waals surface area contributed by atoms with Crippen LogP contribution in [0.4, 0.5) is 0 Å².